The average Bonchev–Trinajstić information content (AvgIpc) is 2.65. The second kappa shape index (κ2) is 8.20. The van der Waals surface area contributed by atoms with Crippen molar-refractivity contribution in [1.29, 1.82) is 0 Å². The van der Waals surface area contributed by atoms with E-state index in [0.29, 0.717) is 6.61 Å². The molecule has 2 unspecified atom stereocenters. The van der Waals surface area contributed by atoms with Gasteiger partial charge in [-0.2, -0.15) is 0 Å². The van der Waals surface area contributed by atoms with Crippen LogP contribution in [0, 0.1) is 0 Å². The highest BCUT2D eigenvalue weighted by molar-refractivity contribution is 4.95. The van der Waals surface area contributed by atoms with E-state index in [9.17, 15) is 0 Å². The first kappa shape index (κ1) is 15.2. The molecule has 0 aliphatic carbocycles. The molecule has 2 heterocycles. The van der Waals surface area contributed by atoms with Gasteiger partial charge in [0.05, 0.1) is 13.2 Å². The highest BCUT2D eigenvalue weighted by Gasteiger charge is 2.37. The molecule has 2 aliphatic heterocycles. The molecule has 0 radical (unpaired) electrons. The van der Waals surface area contributed by atoms with Crippen molar-refractivity contribution < 1.29 is 9.47 Å². The van der Waals surface area contributed by atoms with Gasteiger partial charge < -0.3 is 19.7 Å². The molecule has 0 saturated carbocycles. The summed E-state index contributed by atoms with van der Waals surface area (Å²) in [7, 11) is 4.01. The Hall–Kier alpha value is -0.160. The molecule has 0 aromatic carbocycles. The van der Waals surface area contributed by atoms with E-state index in [2.05, 4.69) is 17.3 Å². The lowest BCUT2D eigenvalue weighted by Crippen LogP contribution is -2.47. The molecule has 4 heteroatoms. The van der Waals surface area contributed by atoms with Crippen molar-refractivity contribution in [2.24, 2.45) is 0 Å². The van der Waals surface area contributed by atoms with Crippen LogP contribution in [-0.2, 0) is 9.47 Å². The van der Waals surface area contributed by atoms with Crippen LogP contribution in [0.3, 0.4) is 0 Å². The summed E-state index contributed by atoms with van der Waals surface area (Å²) in [5.74, 6) is 0. The Kier molecular flexibility index (Phi) is 6.57. The molecule has 2 atom stereocenters. The van der Waals surface area contributed by atoms with Gasteiger partial charge in [0.2, 0.25) is 0 Å². The minimum Gasteiger partial charge on any atom is -0.382 e. The molecule has 0 aromatic heterocycles. The highest BCUT2D eigenvalue weighted by atomic mass is 16.5. The number of fused-ring (bicyclic) bond motifs is 2. The van der Waals surface area contributed by atoms with E-state index in [1.54, 1.807) is 7.11 Å². The maximum absolute atomic E-state index is 5.46. The van der Waals surface area contributed by atoms with E-state index in [0.717, 1.165) is 44.3 Å². The van der Waals surface area contributed by atoms with Gasteiger partial charge in [-0.1, -0.05) is 0 Å². The van der Waals surface area contributed by atoms with Gasteiger partial charge in [-0.25, -0.2) is 0 Å². The fourth-order valence-electron chi connectivity index (χ4n) is 3.46. The van der Waals surface area contributed by atoms with Gasteiger partial charge in [0.25, 0.3) is 0 Å². The zero-order valence-corrected chi connectivity index (χ0v) is 12.6. The van der Waals surface area contributed by atoms with Crippen molar-refractivity contribution in [3.63, 3.8) is 0 Å². The fraction of sp³-hybridized carbons (Fsp3) is 1.00. The fourth-order valence-corrected chi connectivity index (χ4v) is 3.46. The third-order valence-corrected chi connectivity index (χ3v) is 4.68. The molecular weight excluding hydrogens is 240 g/mol. The molecule has 4 nitrogen and oxygen atoms in total. The Labute approximate surface area is 117 Å². The Morgan fingerprint density at radius 2 is 1.79 bits per heavy atom. The monoisotopic (exact) mass is 270 g/mol. The molecule has 0 amide bonds. The van der Waals surface area contributed by atoms with Crippen LogP contribution < -0.4 is 5.32 Å². The first-order chi connectivity index (χ1) is 9.31. The van der Waals surface area contributed by atoms with E-state index < -0.39 is 0 Å². The van der Waals surface area contributed by atoms with Crippen LogP contribution in [-0.4, -0.2) is 63.5 Å². The van der Waals surface area contributed by atoms with E-state index in [-0.39, 0.29) is 0 Å². The van der Waals surface area contributed by atoms with Gasteiger partial charge in [-0.3, -0.25) is 0 Å². The highest BCUT2D eigenvalue weighted by Crippen LogP contribution is 2.34. The number of methoxy groups -OCH3 is 1. The normalized spacial score (nSPS) is 30.9. The summed E-state index contributed by atoms with van der Waals surface area (Å²) in [6, 6.07) is 2.44. The maximum atomic E-state index is 5.46. The summed E-state index contributed by atoms with van der Waals surface area (Å²) in [5.41, 5.74) is 0. The van der Waals surface area contributed by atoms with Crippen LogP contribution in [0.4, 0.5) is 0 Å². The van der Waals surface area contributed by atoms with Crippen LogP contribution >= 0.6 is 0 Å². The van der Waals surface area contributed by atoms with E-state index in [1.165, 1.54) is 32.1 Å². The summed E-state index contributed by atoms with van der Waals surface area (Å²) in [5, 5.41) is 3.74. The van der Waals surface area contributed by atoms with Crippen LogP contribution in [0.1, 0.15) is 38.5 Å². The summed E-state index contributed by atoms with van der Waals surface area (Å²) in [4.78, 5) is 2.60. The van der Waals surface area contributed by atoms with Gasteiger partial charge in [0.1, 0.15) is 0 Å². The molecule has 2 bridgehead atoms. The second-order valence-corrected chi connectivity index (χ2v) is 5.99. The molecule has 1 N–H and O–H groups in total. The molecular formula is C15H30N2O2. The number of nitrogens with zero attached hydrogens (tertiary/aromatic N) is 1. The third kappa shape index (κ3) is 4.71. The van der Waals surface area contributed by atoms with E-state index in [1.807, 2.05) is 0 Å². The number of nitrogens with one attached hydrogen (secondary N) is 1. The SMILES string of the molecule is COCCOCCCCNC1CC2CCC(C1)N2C. The largest absolute Gasteiger partial charge is 0.382 e. The molecule has 2 rings (SSSR count). The number of piperidine rings is 1. The minimum atomic E-state index is 0.705. The van der Waals surface area contributed by atoms with E-state index >= 15 is 0 Å². The number of hydrogen-bond acceptors (Lipinski definition) is 4. The standard InChI is InChI=1S/C15H30N2O2/c1-17-14-5-6-15(17)12-13(11-14)16-7-3-4-8-19-10-9-18-2/h13-16H,3-12H2,1-2H3. The lowest BCUT2D eigenvalue weighted by atomic mass is 9.98. The van der Waals surface area contributed by atoms with Crippen LogP contribution in [0.5, 0.6) is 0 Å². The number of unbranched alkanes of at least 4 members (excludes halogenated alkanes) is 1. The van der Waals surface area contributed by atoms with Crippen molar-refractivity contribution in [1.82, 2.24) is 10.2 Å². The molecule has 2 aliphatic rings. The van der Waals surface area contributed by atoms with Gasteiger partial charge in [-0.15, -0.1) is 0 Å². The van der Waals surface area contributed by atoms with E-state index in [4.69, 9.17) is 9.47 Å². The number of ether oxygens (including phenoxy) is 2. The lowest BCUT2D eigenvalue weighted by Gasteiger charge is -2.36. The topological polar surface area (TPSA) is 33.7 Å². The van der Waals surface area contributed by atoms with Gasteiger partial charge >= 0.3 is 0 Å². The number of rotatable bonds is 9. The Balaban J connectivity index is 1.46. The predicted molar refractivity (Wildman–Crippen MR) is 77.5 cm³/mol. The van der Waals surface area contributed by atoms with Crippen molar-refractivity contribution >= 4 is 0 Å². The van der Waals surface area contributed by atoms with Crippen LogP contribution in [0.15, 0.2) is 0 Å². The average molecular weight is 270 g/mol. The van der Waals surface area contributed by atoms with Crippen LogP contribution in [0.2, 0.25) is 0 Å². The van der Waals surface area contributed by atoms with Crippen molar-refractivity contribution in [3.8, 4) is 0 Å². The molecule has 19 heavy (non-hydrogen) atoms. The minimum absolute atomic E-state index is 0.705. The lowest BCUT2D eigenvalue weighted by molar-refractivity contribution is 0.0685. The summed E-state index contributed by atoms with van der Waals surface area (Å²) in [6.07, 6.45) is 7.87. The van der Waals surface area contributed by atoms with Gasteiger partial charge in [0.15, 0.2) is 0 Å². The Morgan fingerprint density at radius 3 is 2.47 bits per heavy atom. The molecule has 0 spiro atoms. The van der Waals surface area contributed by atoms with Crippen molar-refractivity contribution in [2.45, 2.75) is 56.7 Å². The zero-order chi connectivity index (χ0) is 13.5. The third-order valence-electron chi connectivity index (χ3n) is 4.68. The molecule has 0 aromatic rings. The Bertz CT molecular complexity index is 236. The number of hydrogen-bond donors (Lipinski definition) is 1. The predicted octanol–water partition coefficient (Wildman–Crippen LogP) is 1.64. The van der Waals surface area contributed by atoms with Gasteiger partial charge in [-0.05, 0) is 52.1 Å². The first-order valence-corrected chi connectivity index (χ1v) is 7.83. The molecule has 2 fully saturated rings. The molecule has 2 saturated heterocycles. The van der Waals surface area contributed by atoms with Crippen LogP contribution in [0.25, 0.3) is 0 Å². The summed E-state index contributed by atoms with van der Waals surface area (Å²) < 4.78 is 10.4. The Morgan fingerprint density at radius 1 is 1.05 bits per heavy atom. The van der Waals surface area contributed by atoms with Crippen molar-refractivity contribution in [3.05, 3.63) is 0 Å². The first-order valence-electron chi connectivity index (χ1n) is 7.83. The maximum Gasteiger partial charge on any atom is 0.0700 e. The van der Waals surface area contributed by atoms with Crippen molar-refractivity contribution in [2.75, 3.05) is 40.5 Å². The zero-order valence-electron chi connectivity index (χ0n) is 12.6. The molecule has 112 valence electrons. The quantitative estimate of drug-likeness (QED) is 0.646. The summed E-state index contributed by atoms with van der Waals surface area (Å²) >= 11 is 0. The van der Waals surface area contributed by atoms with Gasteiger partial charge in [0, 0.05) is 31.8 Å². The second-order valence-electron chi connectivity index (χ2n) is 5.99. The summed E-state index contributed by atoms with van der Waals surface area (Å²) in [6.45, 7) is 3.43. The smallest absolute Gasteiger partial charge is 0.0700 e.